The fourth-order valence-electron chi connectivity index (χ4n) is 11.5. The summed E-state index contributed by atoms with van der Waals surface area (Å²) in [6.45, 7) is 8.75. The van der Waals surface area contributed by atoms with Crippen molar-refractivity contribution in [2.75, 3.05) is 6.61 Å². The Bertz CT molecular complexity index is 1680. The number of para-hydroxylation sites is 1. The van der Waals surface area contributed by atoms with Gasteiger partial charge in [0.05, 0.1) is 23.5 Å². The Morgan fingerprint density at radius 1 is 1.06 bits per heavy atom. The van der Waals surface area contributed by atoms with Crippen molar-refractivity contribution >= 4 is 22.5 Å². The molecule has 5 aliphatic carbocycles. The lowest BCUT2D eigenvalue weighted by atomic mass is 9.41. The quantitative estimate of drug-likeness (QED) is 0.361. The number of hydrogen-bond acceptors (Lipinski definition) is 6. The number of carbonyl (C=O) groups is 1. The molecule has 2 bridgehead atoms. The fraction of sp³-hybridized carbons (Fsp3) is 0.692. The number of nitrogens with zero attached hydrogens (tertiary/aromatic N) is 1. The highest BCUT2D eigenvalue weighted by atomic mass is 16.8. The van der Waals surface area contributed by atoms with Gasteiger partial charge in [-0.1, -0.05) is 57.7 Å². The number of aromatic amines is 1. The van der Waals surface area contributed by atoms with Crippen LogP contribution in [0.5, 0.6) is 0 Å². The molecule has 8 nitrogen and oxygen atoms in total. The molecule has 1 aromatic heterocycles. The third-order valence-corrected chi connectivity index (χ3v) is 14.0. The van der Waals surface area contributed by atoms with Crippen LogP contribution in [0.3, 0.4) is 0 Å². The molecule has 3 N–H and O–H groups in total. The predicted octanol–water partition coefficient (Wildman–Crippen LogP) is 6.19. The molecule has 1 unspecified atom stereocenters. The van der Waals surface area contributed by atoms with Crippen LogP contribution >= 0.6 is 0 Å². The standard InChI is InChI=1S/C39H51N3O5/c1-35(2)34-29(40-24-11-5-6-12-24)21-30-38(46-34,47-35)18-17-36(3)37(4)23(19-27-26-15-9-10-16-28(26)42-33(27)37)20-31(39(30,36)44)45-22-32(43)41-25-13-7-8-14-25/h9-10,15-16,21,23-25,31,34,42,44H,5-8,11-14,17-20,22H2,1-4H3,(H,41,43)/t23-,31+,34+,36-,37-,38?,39+/m1/s1. The molecule has 7 aliphatic rings. The molecule has 1 amide bonds. The van der Waals surface area contributed by atoms with E-state index >= 15 is 0 Å². The Morgan fingerprint density at radius 2 is 1.81 bits per heavy atom. The van der Waals surface area contributed by atoms with E-state index in [4.69, 9.17) is 19.2 Å². The van der Waals surface area contributed by atoms with Crippen LogP contribution in [0.15, 0.2) is 40.9 Å². The maximum atomic E-state index is 13.8. The third kappa shape index (κ3) is 4.08. The molecule has 4 saturated carbocycles. The first kappa shape index (κ1) is 30.5. The summed E-state index contributed by atoms with van der Waals surface area (Å²) in [5.41, 5.74) is 2.26. The van der Waals surface area contributed by atoms with Gasteiger partial charge in [0, 0.05) is 45.5 Å². The zero-order chi connectivity index (χ0) is 32.4. The zero-order valence-corrected chi connectivity index (χ0v) is 28.5. The second-order valence-electron chi connectivity index (χ2n) is 16.8. The number of hydrogen-bond donors (Lipinski definition) is 3. The first-order valence-corrected chi connectivity index (χ1v) is 18.4. The highest BCUT2D eigenvalue weighted by Gasteiger charge is 2.77. The summed E-state index contributed by atoms with van der Waals surface area (Å²) in [7, 11) is 0. The van der Waals surface area contributed by atoms with Crippen molar-refractivity contribution < 1.29 is 24.1 Å². The van der Waals surface area contributed by atoms with Crippen molar-refractivity contribution in [1.82, 2.24) is 10.3 Å². The molecular weight excluding hydrogens is 590 g/mol. The summed E-state index contributed by atoms with van der Waals surface area (Å²) in [5.74, 6) is -0.920. The van der Waals surface area contributed by atoms with Crippen LogP contribution < -0.4 is 5.32 Å². The molecule has 8 heteroatoms. The molecule has 1 spiro atoms. The zero-order valence-electron chi connectivity index (χ0n) is 28.5. The minimum atomic E-state index is -1.47. The molecule has 1 aromatic carbocycles. The van der Waals surface area contributed by atoms with Gasteiger partial charge in [-0.25, -0.2) is 0 Å². The van der Waals surface area contributed by atoms with Gasteiger partial charge in [-0.05, 0) is 82.4 Å². The monoisotopic (exact) mass is 641 g/mol. The lowest BCUT2D eigenvalue weighted by Crippen LogP contribution is -2.75. The van der Waals surface area contributed by atoms with Gasteiger partial charge in [0.25, 0.3) is 0 Å². The number of amides is 1. The smallest absolute Gasteiger partial charge is 0.246 e. The molecule has 2 aromatic rings. The predicted molar refractivity (Wildman–Crippen MR) is 180 cm³/mol. The number of fused-ring (bicyclic) bond motifs is 9. The van der Waals surface area contributed by atoms with E-state index in [0.29, 0.717) is 19.3 Å². The normalized spacial score (nSPS) is 41.5. The number of ether oxygens (including phenoxy) is 3. The van der Waals surface area contributed by atoms with Gasteiger partial charge < -0.3 is 29.6 Å². The van der Waals surface area contributed by atoms with Crippen LogP contribution in [0.25, 0.3) is 10.9 Å². The van der Waals surface area contributed by atoms with Crippen LogP contribution in [0.1, 0.15) is 110 Å². The minimum Gasteiger partial charge on any atom is -0.382 e. The molecule has 1 saturated heterocycles. The fourth-order valence-corrected chi connectivity index (χ4v) is 11.5. The van der Waals surface area contributed by atoms with E-state index in [1.54, 1.807) is 0 Å². The number of H-pyrrole nitrogens is 1. The Balaban J connectivity index is 1.18. The van der Waals surface area contributed by atoms with Gasteiger partial charge in [0.15, 0.2) is 5.79 Å². The first-order chi connectivity index (χ1) is 22.5. The van der Waals surface area contributed by atoms with E-state index in [1.165, 1.54) is 29.5 Å². The maximum absolute atomic E-state index is 13.8. The van der Waals surface area contributed by atoms with Gasteiger partial charge >= 0.3 is 0 Å². The highest BCUT2D eigenvalue weighted by Crippen LogP contribution is 2.72. The molecule has 0 radical (unpaired) electrons. The summed E-state index contributed by atoms with van der Waals surface area (Å²) >= 11 is 0. The lowest BCUT2D eigenvalue weighted by molar-refractivity contribution is -0.278. The summed E-state index contributed by atoms with van der Waals surface area (Å²) < 4.78 is 20.7. The van der Waals surface area contributed by atoms with Gasteiger partial charge in [0.2, 0.25) is 5.91 Å². The molecule has 2 aliphatic heterocycles. The average Bonchev–Trinajstić information content (AvgIpc) is 3.87. The molecule has 47 heavy (non-hydrogen) atoms. The van der Waals surface area contributed by atoms with Gasteiger partial charge in [-0.2, -0.15) is 0 Å². The molecular formula is C39H51N3O5. The van der Waals surface area contributed by atoms with E-state index in [9.17, 15) is 9.90 Å². The lowest BCUT2D eigenvalue weighted by Gasteiger charge is -2.67. The number of aliphatic hydroxyl groups is 1. The molecule has 9 rings (SSSR count). The number of benzene rings is 1. The molecule has 3 heterocycles. The van der Waals surface area contributed by atoms with Crippen molar-refractivity contribution in [1.29, 1.82) is 0 Å². The second-order valence-corrected chi connectivity index (χ2v) is 16.8. The van der Waals surface area contributed by atoms with E-state index in [-0.39, 0.29) is 42.0 Å². The number of nitrogens with one attached hydrogen (secondary N) is 2. The van der Waals surface area contributed by atoms with Crippen LogP contribution in [-0.4, -0.2) is 69.6 Å². The average molecular weight is 642 g/mol. The van der Waals surface area contributed by atoms with Crippen LogP contribution in [0.4, 0.5) is 0 Å². The van der Waals surface area contributed by atoms with Gasteiger partial charge in [0.1, 0.15) is 18.3 Å². The van der Waals surface area contributed by atoms with Gasteiger partial charge in [-0.15, -0.1) is 0 Å². The topological polar surface area (TPSA) is 105 Å². The van der Waals surface area contributed by atoms with E-state index in [2.05, 4.69) is 68.3 Å². The number of carbonyl (C=O) groups excluding carboxylic acids is 1. The SMILES string of the molecule is CC1(C)OC23CC[C@]4(C)[C@@]5(C)c6[nH]c7ccccc7c6C[C@@H]5C[C@H](OCC(=O)NC5CCCC5)[C@@]4(O)C2=CC(=NC2CCCC2)[C@@H]1O3. The van der Waals surface area contributed by atoms with Crippen molar-refractivity contribution in [2.24, 2.45) is 16.3 Å². The summed E-state index contributed by atoms with van der Waals surface area (Å²) in [4.78, 5) is 22.4. The Kier molecular flexibility index (Phi) is 6.66. The van der Waals surface area contributed by atoms with Crippen LogP contribution in [0.2, 0.25) is 0 Å². The Hall–Kier alpha value is -2.52. The van der Waals surface area contributed by atoms with E-state index in [0.717, 1.165) is 61.7 Å². The Labute approximate surface area is 278 Å². The van der Waals surface area contributed by atoms with E-state index in [1.807, 2.05) is 0 Å². The second kappa shape index (κ2) is 10.3. The first-order valence-electron chi connectivity index (χ1n) is 18.4. The summed E-state index contributed by atoms with van der Waals surface area (Å²) in [6.07, 6.45) is 13.0. The Morgan fingerprint density at radius 3 is 2.60 bits per heavy atom. The molecule has 5 fully saturated rings. The van der Waals surface area contributed by atoms with Crippen LogP contribution in [-0.2, 0) is 30.8 Å². The van der Waals surface area contributed by atoms with Crippen molar-refractivity contribution in [3.8, 4) is 0 Å². The van der Waals surface area contributed by atoms with Crippen molar-refractivity contribution in [3.63, 3.8) is 0 Å². The highest BCUT2D eigenvalue weighted by molar-refractivity contribution is 6.02. The number of aromatic nitrogens is 1. The number of rotatable bonds is 5. The third-order valence-electron chi connectivity index (χ3n) is 14.0. The molecule has 252 valence electrons. The van der Waals surface area contributed by atoms with Crippen LogP contribution in [0, 0.1) is 11.3 Å². The number of aliphatic imine (C=N–C) groups is 1. The summed E-state index contributed by atoms with van der Waals surface area (Å²) in [6, 6.07) is 9.06. The largest absolute Gasteiger partial charge is 0.382 e. The maximum Gasteiger partial charge on any atom is 0.246 e. The van der Waals surface area contributed by atoms with Crippen molar-refractivity contribution in [3.05, 3.63) is 47.2 Å². The molecule has 7 atom stereocenters. The van der Waals surface area contributed by atoms with E-state index < -0.39 is 28.5 Å². The minimum absolute atomic E-state index is 0.0731. The van der Waals surface area contributed by atoms with Gasteiger partial charge in [-0.3, -0.25) is 9.79 Å². The van der Waals surface area contributed by atoms with Crippen molar-refractivity contribution in [2.45, 2.75) is 151 Å². The summed E-state index contributed by atoms with van der Waals surface area (Å²) in [5, 5.41) is 18.3.